The van der Waals surface area contributed by atoms with Crippen molar-refractivity contribution in [3.63, 3.8) is 0 Å². The lowest BCUT2D eigenvalue weighted by molar-refractivity contribution is 1.25. The minimum Gasteiger partial charge on any atom is -0.223 e. The molecular weight excluding hydrogens is 152 g/mol. The average Bonchev–Trinajstić information content (AvgIpc) is 2.17. The Kier molecular flexibility index (Phi) is 2.05. The summed E-state index contributed by atoms with van der Waals surface area (Å²) in [5, 5.41) is 4.86. The number of thiazole rings is 1. The second kappa shape index (κ2) is 2.82. The van der Waals surface area contributed by atoms with Crippen LogP contribution in [-0.4, -0.2) is 10.1 Å². The third-order valence-electron chi connectivity index (χ3n) is 0.748. The molecule has 0 radical (unpaired) electrons. The first kappa shape index (κ1) is 6.55. The molecule has 2 nitrogen and oxygen atoms in total. The van der Waals surface area contributed by atoms with E-state index in [0.29, 0.717) is 5.13 Å². The van der Waals surface area contributed by atoms with Gasteiger partial charge in [0.15, 0.2) is 0 Å². The monoisotopic (exact) mass is 156 g/mol. The van der Waals surface area contributed by atoms with E-state index in [-0.39, 0.29) is 0 Å². The largest absolute Gasteiger partial charge is 0.223 e. The van der Waals surface area contributed by atoms with Gasteiger partial charge in [-0.3, -0.25) is 0 Å². The number of hydrogen-bond acceptors (Lipinski definition) is 4. The van der Waals surface area contributed by atoms with Crippen molar-refractivity contribution in [1.29, 1.82) is 0 Å². The fourth-order valence-corrected chi connectivity index (χ4v) is 1.20. The molecule has 0 bridgehead atoms. The zero-order valence-corrected chi connectivity index (χ0v) is 6.42. The molecule has 1 aromatic rings. The highest BCUT2D eigenvalue weighted by Crippen LogP contribution is 2.16. The number of isothiocyanates is 1. The van der Waals surface area contributed by atoms with Gasteiger partial charge in [0.05, 0.1) is 10.9 Å². The molecule has 0 aliphatic carbocycles. The zero-order chi connectivity index (χ0) is 6.69. The van der Waals surface area contributed by atoms with Gasteiger partial charge in [-0.15, -0.1) is 11.3 Å². The molecule has 0 unspecified atom stereocenters. The Morgan fingerprint density at radius 2 is 2.67 bits per heavy atom. The summed E-state index contributed by atoms with van der Waals surface area (Å²) in [6.07, 6.45) is 0. The molecular formula is C5H4N2S2. The molecule has 0 saturated heterocycles. The minimum absolute atomic E-state index is 0.683. The summed E-state index contributed by atoms with van der Waals surface area (Å²) in [4.78, 5) is 7.72. The van der Waals surface area contributed by atoms with E-state index in [9.17, 15) is 0 Å². The van der Waals surface area contributed by atoms with Crippen LogP contribution in [0.25, 0.3) is 0 Å². The number of rotatable bonds is 1. The molecule has 0 spiro atoms. The number of aromatic nitrogens is 1. The van der Waals surface area contributed by atoms with Gasteiger partial charge in [-0.25, -0.2) is 4.98 Å². The van der Waals surface area contributed by atoms with Crippen molar-refractivity contribution in [3.8, 4) is 0 Å². The van der Waals surface area contributed by atoms with E-state index < -0.39 is 0 Å². The Morgan fingerprint density at radius 1 is 1.89 bits per heavy atom. The van der Waals surface area contributed by atoms with Crippen LogP contribution in [0.4, 0.5) is 5.13 Å². The van der Waals surface area contributed by atoms with Gasteiger partial charge >= 0.3 is 0 Å². The molecule has 1 rings (SSSR count). The van der Waals surface area contributed by atoms with Crippen molar-refractivity contribution in [2.45, 2.75) is 6.92 Å². The number of hydrogen-bond donors (Lipinski definition) is 0. The van der Waals surface area contributed by atoms with Gasteiger partial charge in [-0.2, -0.15) is 4.99 Å². The SMILES string of the molecule is Cc1csc(N=C=S)n1. The highest BCUT2D eigenvalue weighted by atomic mass is 32.1. The van der Waals surface area contributed by atoms with Gasteiger partial charge in [0, 0.05) is 5.38 Å². The maximum atomic E-state index is 4.39. The third-order valence-corrected chi connectivity index (χ3v) is 1.69. The predicted molar refractivity (Wildman–Crippen MR) is 41.5 cm³/mol. The van der Waals surface area contributed by atoms with Crippen LogP contribution < -0.4 is 0 Å². The molecule has 0 aliphatic heterocycles. The minimum atomic E-state index is 0.683. The smallest absolute Gasteiger partial charge is 0.218 e. The van der Waals surface area contributed by atoms with E-state index in [4.69, 9.17) is 0 Å². The van der Waals surface area contributed by atoms with Crippen LogP contribution in [0.1, 0.15) is 5.69 Å². The zero-order valence-electron chi connectivity index (χ0n) is 4.79. The van der Waals surface area contributed by atoms with E-state index in [1.54, 1.807) is 0 Å². The normalized spacial score (nSPS) is 8.56. The Morgan fingerprint density at radius 3 is 3.11 bits per heavy atom. The molecule has 46 valence electrons. The summed E-state index contributed by atoms with van der Waals surface area (Å²) in [7, 11) is 0. The lowest BCUT2D eigenvalue weighted by Gasteiger charge is -1.72. The fourth-order valence-electron chi connectivity index (χ4n) is 0.432. The molecule has 1 heterocycles. The quantitative estimate of drug-likeness (QED) is 0.460. The van der Waals surface area contributed by atoms with Gasteiger partial charge in [0.25, 0.3) is 0 Å². The van der Waals surface area contributed by atoms with E-state index in [0.717, 1.165) is 5.69 Å². The van der Waals surface area contributed by atoms with Crippen LogP contribution in [0.2, 0.25) is 0 Å². The Balaban J connectivity index is 2.97. The second-order valence-electron chi connectivity index (χ2n) is 1.47. The van der Waals surface area contributed by atoms with Crippen molar-refractivity contribution in [3.05, 3.63) is 11.1 Å². The van der Waals surface area contributed by atoms with Crippen molar-refractivity contribution in [2.75, 3.05) is 0 Å². The van der Waals surface area contributed by atoms with E-state index >= 15 is 0 Å². The van der Waals surface area contributed by atoms with Gasteiger partial charge < -0.3 is 0 Å². The number of aryl methyl sites for hydroxylation is 1. The molecule has 0 N–H and O–H groups in total. The predicted octanol–water partition coefficient (Wildman–Crippen LogP) is 2.19. The number of aliphatic imine (C=N–C) groups is 1. The van der Waals surface area contributed by atoms with Crippen molar-refractivity contribution < 1.29 is 0 Å². The van der Waals surface area contributed by atoms with Crippen molar-refractivity contribution in [1.82, 2.24) is 4.98 Å². The van der Waals surface area contributed by atoms with Crippen molar-refractivity contribution in [2.24, 2.45) is 4.99 Å². The van der Waals surface area contributed by atoms with Gasteiger partial charge in [-0.05, 0) is 19.1 Å². The Bertz CT molecular complexity index is 247. The van der Waals surface area contributed by atoms with Gasteiger partial charge in [0.1, 0.15) is 0 Å². The number of thiocarbonyl (C=S) groups is 1. The molecule has 0 fully saturated rings. The van der Waals surface area contributed by atoms with Crippen LogP contribution in [0.3, 0.4) is 0 Å². The molecule has 0 aliphatic rings. The molecule has 1 aromatic heterocycles. The van der Waals surface area contributed by atoms with Crippen LogP contribution in [0.5, 0.6) is 0 Å². The first-order chi connectivity index (χ1) is 4.33. The molecule has 0 saturated carbocycles. The molecule has 4 heteroatoms. The van der Waals surface area contributed by atoms with E-state index in [1.807, 2.05) is 12.3 Å². The third kappa shape index (κ3) is 1.68. The Labute approximate surface area is 62.3 Å². The first-order valence-corrected chi connectivity index (χ1v) is 3.61. The van der Waals surface area contributed by atoms with Crippen LogP contribution >= 0.6 is 23.6 Å². The van der Waals surface area contributed by atoms with Gasteiger partial charge in [-0.1, -0.05) is 0 Å². The van der Waals surface area contributed by atoms with E-state index in [1.165, 1.54) is 11.3 Å². The van der Waals surface area contributed by atoms with Crippen molar-refractivity contribution >= 4 is 33.8 Å². The van der Waals surface area contributed by atoms with Crippen LogP contribution in [0.15, 0.2) is 10.4 Å². The topological polar surface area (TPSA) is 25.2 Å². The molecule has 9 heavy (non-hydrogen) atoms. The standard InChI is InChI=1S/C5H4N2S2/c1-4-2-9-5(7-4)6-3-8/h2H,1H3. The average molecular weight is 156 g/mol. The van der Waals surface area contributed by atoms with E-state index in [2.05, 4.69) is 27.4 Å². The molecule has 0 amide bonds. The lowest BCUT2D eigenvalue weighted by atomic mass is 10.6. The van der Waals surface area contributed by atoms with Crippen LogP contribution in [-0.2, 0) is 0 Å². The maximum absolute atomic E-state index is 4.39. The maximum Gasteiger partial charge on any atom is 0.218 e. The molecule has 0 aromatic carbocycles. The summed E-state index contributed by atoms with van der Waals surface area (Å²) >= 11 is 5.86. The molecule has 0 atom stereocenters. The summed E-state index contributed by atoms with van der Waals surface area (Å²) in [6.45, 7) is 1.92. The first-order valence-electron chi connectivity index (χ1n) is 2.33. The fraction of sp³-hybridized carbons (Fsp3) is 0.200. The summed E-state index contributed by atoms with van der Waals surface area (Å²) in [5.74, 6) is 0. The number of nitrogens with zero attached hydrogens (tertiary/aromatic N) is 2. The highest BCUT2D eigenvalue weighted by molar-refractivity contribution is 7.78. The summed E-state index contributed by atoms with van der Waals surface area (Å²) in [6, 6.07) is 0. The van der Waals surface area contributed by atoms with Gasteiger partial charge in [0.2, 0.25) is 5.13 Å². The second-order valence-corrected chi connectivity index (χ2v) is 2.49. The highest BCUT2D eigenvalue weighted by Gasteiger charge is 1.91. The lowest BCUT2D eigenvalue weighted by Crippen LogP contribution is -1.63. The van der Waals surface area contributed by atoms with Crippen LogP contribution in [0, 0.1) is 6.92 Å². The Hall–Kier alpha value is -0.570. The summed E-state index contributed by atoms with van der Waals surface area (Å²) in [5.41, 5.74) is 0.976. The summed E-state index contributed by atoms with van der Waals surface area (Å²) < 4.78 is 0.